The summed E-state index contributed by atoms with van der Waals surface area (Å²) in [5, 5.41) is 2.33. The van der Waals surface area contributed by atoms with Crippen LogP contribution in [0.15, 0.2) is 34.5 Å². The lowest BCUT2D eigenvalue weighted by molar-refractivity contribution is 0.0940. The summed E-state index contributed by atoms with van der Waals surface area (Å²) in [5.41, 5.74) is 3.47. The molecule has 0 radical (unpaired) electrons. The van der Waals surface area contributed by atoms with Gasteiger partial charge in [0.05, 0.1) is 18.1 Å². The van der Waals surface area contributed by atoms with Gasteiger partial charge in [0.15, 0.2) is 5.13 Å². The minimum absolute atomic E-state index is 0.0899. The molecule has 0 saturated carbocycles. The summed E-state index contributed by atoms with van der Waals surface area (Å²) in [4.78, 5) is 20.8. The van der Waals surface area contributed by atoms with Crippen molar-refractivity contribution in [2.45, 2.75) is 31.1 Å². The second kappa shape index (κ2) is 8.99. The molecule has 2 aromatic rings. The quantitative estimate of drug-likeness (QED) is 0.661. The number of thiazole rings is 1. The summed E-state index contributed by atoms with van der Waals surface area (Å²) in [6, 6.07) is 6.66. The number of carbonyl (C=O) groups excluding carboxylic acids is 1. The zero-order chi connectivity index (χ0) is 20.1. The highest BCUT2D eigenvalue weighted by atomic mass is 32.2. The molecule has 1 aromatic carbocycles. The van der Waals surface area contributed by atoms with Crippen LogP contribution in [-0.2, 0) is 14.8 Å². The number of anilines is 1. The molecule has 0 bridgehead atoms. The second-order valence-electron chi connectivity index (χ2n) is 6.55. The molecule has 1 fully saturated rings. The van der Waals surface area contributed by atoms with Crippen LogP contribution in [0.1, 0.15) is 42.2 Å². The van der Waals surface area contributed by atoms with E-state index >= 15 is 0 Å². The minimum Gasteiger partial charge on any atom is -0.378 e. The van der Waals surface area contributed by atoms with Crippen LogP contribution in [0.4, 0.5) is 5.13 Å². The van der Waals surface area contributed by atoms with Crippen LogP contribution in [-0.4, -0.2) is 45.6 Å². The van der Waals surface area contributed by atoms with E-state index in [0.717, 1.165) is 17.1 Å². The van der Waals surface area contributed by atoms with Gasteiger partial charge in [-0.2, -0.15) is 0 Å². The van der Waals surface area contributed by atoms with E-state index in [2.05, 4.69) is 29.1 Å². The Bertz CT molecular complexity index is 906. The first-order valence-electron chi connectivity index (χ1n) is 9.11. The van der Waals surface area contributed by atoms with Gasteiger partial charge in [0.25, 0.3) is 15.9 Å². The number of hydrazine groups is 1. The fraction of sp³-hybridized carbons (Fsp3) is 0.444. The molecular weight excluding hydrogens is 400 g/mol. The Balaban J connectivity index is 1.61. The summed E-state index contributed by atoms with van der Waals surface area (Å²) < 4.78 is 30.1. The minimum atomic E-state index is -3.86. The fourth-order valence-corrected chi connectivity index (χ4v) is 4.41. The summed E-state index contributed by atoms with van der Waals surface area (Å²) in [7, 11) is -3.86. The second-order valence-corrected chi connectivity index (χ2v) is 9.07. The van der Waals surface area contributed by atoms with Crippen molar-refractivity contribution in [2.24, 2.45) is 0 Å². The maximum atomic E-state index is 12.4. The first-order chi connectivity index (χ1) is 13.4. The first kappa shape index (κ1) is 20.7. The third-order valence-electron chi connectivity index (χ3n) is 4.68. The highest BCUT2D eigenvalue weighted by Crippen LogP contribution is 2.22. The topological polar surface area (TPSA) is 101 Å². The highest BCUT2D eigenvalue weighted by molar-refractivity contribution is 7.89. The molecule has 0 aliphatic carbocycles. The van der Waals surface area contributed by atoms with Crippen LogP contribution in [0.2, 0.25) is 0 Å². The van der Waals surface area contributed by atoms with E-state index in [1.54, 1.807) is 17.5 Å². The van der Waals surface area contributed by atoms with Gasteiger partial charge in [-0.15, -0.1) is 16.2 Å². The van der Waals surface area contributed by atoms with E-state index in [4.69, 9.17) is 4.74 Å². The normalized spacial score (nSPS) is 16.0. The van der Waals surface area contributed by atoms with Crippen LogP contribution in [0.5, 0.6) is 0 Å². The number of rotatable bonds is 7. The molecule has 1 aliphatic heterocycles. The SMILES string of the molecule is CCC(C)c1ccc(S(=O)(=O)NNC(=O)c2csc(N3CCOCC3)n2)cc1. The molecule has 1 aliphatic rings. The summed E-state index contributed by atoms with van der Waals surface area (Å²) in [6.45, 7) is 6.84. The first-order valence-corrected chi connectivity index (χ1v) is 11.5. The summed E-state index contributed by atoms with van der Waals surface area (Å²) >= 11 is 1.34. The Labute approximate surface area is 168 Å². The van der Waals surface area contributed by atoms with Crippen LogP contribution >= 0.6 is 11.3 Å². The number of morpholine rings is 1. The monoisotopic (exact) mass is 424 g/mol. The number of sulfonamides is 1. The molecule has 8 nitrogen and oxygen atoms in total. The van der Waals surface area contributed by atoms with E-state index in [1.165, 1.54) is 23.5 Å². The average Bonchev–Trinajstić information content (AvgIpc) is 3.22. The zero-order valence-electron chi connectivity index (χ0n) is 15.8. The Hall–Kier alpha value is -2.01. The molecule has 28 heavy (non-hydrogen) atoms. The number of amides is 1. The summed E-state index contributed by atoms with van der Waals surface area (Å²) in [5.74, 6) is -0.245. The Morgan fingerprint density at radius 3 is 2.61 bits per heavy atom. The zero-order valence-corrected chi connectivity index (χ0v) is 17.5. The van der Waals surface area contributed by atoms with Gasteiger partial charge in [-0.1, -0.05) is 26.0 Å². The molecule has 152 valence electrons. The molecule has 0 spiro atoms. The number of aromatic nitrogens is 1. The van der Waals surface area contributed by atoms with Crippen LogP contribution in [0, 0.1) is 0 Å². The van der Waals surface area contributed by atoms with Crippen molar-refractivity contribution < 1.29 is 17.9 Å². The number of nitrogens with one attached hydrogen (secondary N) is 2. The number of ether oxygens (including phenoxy) is 1. The Kier molecular flexibility index (Phi) is 6.65. The van der Waals surface area contributed by atoms with Crippen LogP contribution in [0.3, 0.4) is 0 Å². The standard InChI is InChI=1S/C18H24N4O4S2/c1-3-13(2)14-4-6-15(7-5-14)28(24,25)21-20-17(23)16-12-27-18(19-16)22-8-10-26-11-9-22/h4-7,12-13,21H,3,8-11H2,1-2H3,(H,20,23). The molecule has 1 aromatic heterocycles. The number of benzene rings is 1. The number of hydrogen-bond donors (Lipinski definition) is 2. The lowest BCUT2D eigenvalue weighted by Crippen LogP contribution is -2.41. The molecule has 10 heteroatoms. The van der Waals surface area contributed by atoms with Gasteiger partial charge in [-0.05, 0) is 30.0 Å². The molecule has 2 heterocycles. The van der Waals surface area contributed by atoms with Gasteiger partial charge in [-0.3, -0.25) is 10.2 Å². The number of nitrogens with zero attached hydrogens (tertiary/aromatic N) is 2. The Morgan fingerprint density at radius 1 is 1.29 bits per heavy atom. The third-order valence-corrected chi connectivity index (χ3v) is 6.84. The van der Waals surface area contributed by atoms with Crippen LogP contribution in [0.25, 0.3) is 0 Å². The maximum absolute atomic E-state index is 12.4. The van der Waals surface area contributed by atoms with Gasteiger partial charge in [0.2, 0.25) is 0 Å². The molecule has 2 N–H and O–H groups in total. The largest absolute Gasteiger partial charge is 0.378 e. The predicted octanol–water partition coefficient (Wildman–Crippen LogP) is 2.12. The van der Waals surface area contributed by atoms with E-state index < -0.39 is 15.9 Å². The molecule has 3 rings (SSSR count). The van der Waals surface area contributed by atoms with Crippen molar-refractivity contribution in [3.05, 3.63) is 40.9 Å². The van der Waals surface area contributed by atoms with E-state index in [-0.39, 0.29) is 10.6 Å². The number of hydrogen-bond acceptors (Lipinski definition) is 7. The van der Waals surface area contributed by atoms with Crippen molar-refractivity contribution in [1.82, 2.24) is 15.2 Å². The molecule has 1 unspecified atom stereocenters. The molecular formula is C18H24N4O4S2. The fourth-order valence-electron chi connectivity index (χ4n) is 2.72. The van der Waals surface area contributed by atoms with Crippen molar-refractivity contribution in [1.29, 1.82) is 0 Å². The van der Waals surface area contributed by atoms with Crippen molar-refractivity contribution >= 4 is 32.4 Å². The molecule has 1 amide bonds. The predicted molar refractivity (Wildman–Crippen MR) is 108 cm³/mol. The van der Waals surface area contributed by atoms with Crippen LogP contribution < -0.4 is 15.2 Å². The highest BCUT2D eigenvalue weighted by Gasteiger charge is 2.20. The Morgan fingerprint density at radius 2 is 1.96 bits per heavy atom. The number of carbonyl (C=O) groups is 1. The van der Waals surface area contributed by atoms with Gasteiger partial charge in [0.1, 0.15) is 5.69 Å². The van der Waals surface area contributed by atoms with E-state index in [0.29, 0.717) is 32.2 Å². The van der Waals surface area contributed by atoms with Gasteiger partial charge < -0.3 is 9.64 Å². The molecule has 1 atom stereocenters. The van der Waals surface area contributed by atoms with Crippen molar-refractivity contribution in [3.8, 4) is 0 Å². The maximum Gasteiger partial charge on any atom is 0.285 e. The molecule has 1 saturated heterocycles. The van der Waals surface area contributed by atoms with Gasteiger partial charge in [0, 0.05) is 18.5 Å². The summed E-state index contributed by atoms with van der Waals surface area (Å²) in [6.07, 6.45) is 0.973. The third kappa shape index (κ3) is 4.88. The van der Waals surface area contributed by atoms with E-state index in [9.17, 15) is 13.2 Å². The smallest absolute Gasteiger partial charge is 0.285 e. The van der Waals surface area contributed by atoms with Gasteiger partial charge in [-0.25, -0.2) is 13.4 Å². The van der Waals surface area contributed by atoms with Crippen molar-refractivity contribution in [3.63, 3.8) is 0 Å². The lowest BCUT2D eigenvalue weighted by Gasteiger charge is -2.25. The van der Waals surface area contributed by atoms with E-state index in [1.807, 2.05) is 4.90 Å². The van der Waals surface area contributed by atoms with Gasteiger partial charge >= 0.3 is 0 Å². The lowest BCUT2D eigenvalue weighted by atomic mass is 9.99. The van der Waals surface area contributed by atoms with Crippen molar-refractivity contribution in [2.75, 3.05) is 31.2 Å². The average molecular weight is 425 g/mol.